The molecule has 0 unspecified atom stereocenters. The molecule has 1 fully saturated rings. The smallest absolute Gasteiger partial charge is 0.308 e. The van der Waals surface area contributed by atoms with Crippen molar-refractivity contribution in [2.24, 2.45) is 11.8 Å². The van der Waals surface area contributed by atoms with Gasteiger partial charge in [-0.2, -0.15) is 0 Å². The lowest BCUT2D eigenvalue weighted by Gasteiger charge is -2.36. The van der Waals surface area contributed by atoms with Crippen LogP contribution in [0.15, 0.2) is 59.9 Å². The first-order chi connectivity index (χ1) is 16.5. The van der Waals surface area contributed by atoms with Gasteiger partial charge in [0.25, 0.3) is 0 Å². The second kappa shape index (κ2) is 11.4. The molecule has 8 heteroatoms. The minimum Gasteiger partial charge on any atom is -0.497 e. The molecule has 3 aromatic rings. The van der Waals surface area contributed by atoms with Gasteiger partial charge in [-0.25, -0.2) is 4.98 Å². The van der Waals surface area contributed by atoms with Crippen LogP contribution in [0.5, 0.6) is 5.75 Å². The van der Waals surface area contributed by atoms with Crippen LogP contribution in [0.1, 0.15) is 29.6 Å². The number of benzene rings is 1. The highest BCUT2D eigenvalue weighted by molar-refractivity contribution is 7.99. The Morgan fingerprint density at radius 1 is 1.18 bits per heavy atom. The predicted molar refractivity (Wildman–Crippen MR) is 132 cm³/mol. The number of carboxylic acids is 1. The molecule has 1 N–H and O–H groups in total. The minimum absolute atomic E-state index is 0.0104. The Balaban J connectivity index is 1.34. The van der Waals surface area contributed by atoms with E-state index < -0.39 is 11.9 Å². The molecule has 2 atom stereocenters. The molecule has 1 aliphatic heterocycles. The van der Waals surface area contributed by atoms with Crippen molar-refractivity contribution >= 4 is 34.4 Å². The molecule has 1 aliphatic rings. The summed E-state index contributed by atoms with van der Waals surface area (Å²) in [5.74, 6) is 0.302. The van der Waals surface area contributed by atoms with E-state index in [0.29, 0.717) is 30.7 Å². The van der Waals surface area contributed by atoms with Gasteiger partial charge in [0.2, 0.25) is 0 Å². The Kier molecular flexibility index (Phi) is 8.13. The molecule has 0 spiro atoms. The number of fused-ring (bicyclic) bond motifs is 1. The molecule has 2 aromatic heterocycles. The second-order valence-corrected chi connectivity index (χ2v) is 9.63. The van der Waals surface area contributed by atoms with Crippen molar-refractivity contribution < 1.29 is 19.4 Å². The van der Waals surface area contributed by atoms with Crippen molar-refractivity contribution in [3.05, 3.63) is 60.4 Å². The number of nitrogens with zero attached hydrogens (tertiary/aromatic N) is 3. The highest BCUT2D eigenvalue weighted by Gasteiger charge is 2.34. The number of pyridine rings is 2. The van der Waals surface area contributed by atoms with Crippen molar-refractivity contribution in [2.45, 2.75) is 24.3 Å². The number of ether oxygens (including phenoxy) is 1. The van der Waals surface area contributed by atoms with Crippen LogP contribution >= 0.6 is 11.8 Å². The SMILES string of the molecule is COc1ccc2nccc(C(=O)CC[C@@H]3CCN(CCSc4ccccn4)C[C@@H]3C(=O)O)c2c1. The van der Waals surface area contributed by atoms with E-state index in [1.807, 2.05) is 36.4 Å². The summed E-state index contributed by atoms with van der Waals surface area (Å²) in [4.78, 5) is 36.0. The highest BCUT2D eigenvalue weighted by atomic mass is 32.2. The summed E-state index contributed by atoms with van der Waals surface area (Å²) in [5.41, 5.74) is 1.35. The van der Waals surface area contributed by atoms with E-state index in [2.05, 4.69) is 14.9 Å². The van der Waals surface area contributed by atoms with Crippen LogP contribution in [-0.2, 0) is 4.79 Å². The first kappa shape index (κ1) is 24.2. The topological polar surface area (TPSA) is 92.6 Å². The summed E-state index contributed by atoms with van der Waals surface area (Å²) in [6, 6.07) is 13.1. The summed E-state index contributed by atoms with van der Waals surface area (Å²) >= 11 is 1.68. The fourth-order valence-corrected chi connectivity index (χ4v) is 5.42. The lowest BCUT2D eigenvalue weighted by Crippen LogP contribution is -2.44. The summed E-state index contributed by atoms with van der Waals surface area (Å²) < 4.78 is 5.30. The molecule has 178 valence electrons. The number of hydrogen-bond donors (Lipinski definition) is 1. The van der Waals surface area contributed by atoms with Gasteiger partial charge in [0.05, 0.1) is 23.6 Å². The maximum Gasteiger partial charge on any atom is 0.308 e. The monoisotopic (exact) mass is 479 g/mol. The number of hydrogen-bond acceptors (Lipinski definition) is 7. The standard InChI is InChI=1S/C26H29N3O4S/c1-33-19-6-7-23-21(16-19)20(9-12-27-23)24(30)8-5-18-10-13-29(17-22(18)26(31)32)14-15-34-25-4-2-3-11-28-25/h2-4,6-7,9,11-12,16,18,22H,5,8,10,13-15,17H2,1H3,(H,31,32)/t18-,22+/m1/s1. The maximum absolute atomic E-state index is 13.1. The molecule has 34 heavy (non-hydrogen) atoms. The average Bonchev–Trinajstić information content (AvgIpc) is 2.87. The lowest BCUT2D eigenvalue weighted by atomic mass is 9.81. The quantitative estimate of drug-likeness (QED) is 0.338. The van der Waals surface area contributed by atoms with Gasteiger partial charge in [-0.05, 0) is 61.7 Å². The van der Waals surface area contributed by atoms with Crippen molar-refractivity contribution in [1.29, 1.82) is 0 Å². The summed E-state index contributed by atoms with van der Waals surface area (Å²) in [7, 11) is 1.59. The van der Waals surface area contributed by atoms with Crippen molar-refractivity contribution in [1.82, 2.24) is 14.9 Å². The van der Waals surface area contributed by atoms with E-state index in [4.69, 9.17) is 4.74 Å². The number of piperidine rings is 1. The summed E-state index contributed by atoms with van der Waals surface area (Å²) in [6.45, 7) is 2.19. The average molecular weight is 480 g/mol. The number of thioether (sulfide) groups is 1. The number of carbonyl (C=O) groups excluding carboxylic acids is 1. The van der Waals surface area contributed by atoms with Gasteiger partial charge in [0.15, 0.2) is 5.78 Å². The number of likely N-dealkylation sites (tertiary alicyclic amines) is 1. The van der Waals surface area contributed by atoms with Crippen LogP contribution in [0.4, 0.5) is 0 Å². The normalized spacial score (nSPS) is 18.6. The third-order valence-corrected chi connectivity index (χ3v) is 7.37. The molecule has 0 bridgehead atoms. The lowest BCUT2D eigenvalue weighted by molar-refractivity contribution is -0.146. The molecule has 0 aliphatic carbocycles. The number of rotatable bonds is 10. The maximum atomic E-state index is 13.1. The van der Waals surface area contributed by atoms with Gasteiger partial charge in [-0.1, -0.05) is 6.07 Å². The number of aliphatic carboxylic acids is 1. The first-order valence-electron chi connectivity index (χ1n) is 11.5. The Labute approximate surface area is 203 Å². The van der Waals surface area contributed by atoms with Gasteiger partial charge >= 0.3 is 5.97 Å². The molecule has 4 rings (SSSR count). The number of ketones is 1. The van der Waals surface area contributed by atoms with E-state index in [1.54, 1.807) is 37.3 Å². The highest BCUT2D eigenvalue weighted by Crippen LogP contribution is 2.30. The Morgan fingerprint density at radius 3 is 2.82 bits per heavy atom. The molecule has 1 aromatic carbocycles. The number of aromatic nitrogens is 2. The Morgan fingerprint density at radius 2 is 2.06 bits per heavy atom. The molecular weight excluding hydrogens is 450 g/mol. The zero-order valence-corrected chi connectivity index (χ0v) is 20.0. The minimum atomic E-state index is -0.779. The Bertz CT molecular complexity index is 1140. The van der Waals surface area contributed by atoms with E-state index in [1.165, 1.54) is 0 Å². The fraction of sp³-hybridized carbons (Fsp3) is 0.385. The third kappa shape index (κ3) is 5.93. The van der Waals surface area contributed by atoms with Crippen LogP contribution in [0.2, 0.25) is 0 Å². The zero-order valence-electron chi connectivity index (χ0n) is 19.2. The van der Waals surface area contributed by atoms with E-state index >= 15 is 0 Å². The van der Waals surface area contributed by atoms with Gasteiger partial charge in [0, 0.05) is 48.6 Å². The number of Topliss-reactive ketones (excluding diaryl/α,β-unsaturated/α-hetero) is 1. The number of carboxylic acid groups (broad SMARTS) is 1. The van der Waals surface area contributed by atoms with Gasteiger partial charge < -0.3 is 14.7 Å². The van der Waals surface area contributed by atoms with Gasteiger partial charge in [-0.15, -0.1) is 11.8 Å². The van der Waals surface area contributed by atoms with Crippen LogP contribution in [0.3, 0.4) is 0 Å². The van der Waals surface area contributed by atoms with Crippen molar-refractivity contribution in [3.8, 4) is 5.75 Å². The molecule has 0 amide bonds. The summed E-state index contributed by atoms with van der Waals surface area (Å²) in [6.07, 6.45) is 5.09. The molecule has 1 saturated heterocycles. The van der Waals surface area contributed by atoms with Crippen molar-refractivity contribution in [2.75, 3.05) is 32.5 Å². The molecule has 0 saturated carbocycles. The zero-order chi connectivity index (χ0) is 23.9. The van der Waals surface area contributed by atoms with E-state index in [0.717, 1.165) is 41.2 Å². The molecule has 3 heterocycles. The van der Waals surface area contributed by atoms with Gasteiger partial charge in [-0.3, -0.25) is 14.6 Å². The summed E-state index contributed by atoms with van der Waals surface area (Å²) in [5, 5.41) is 11.6. The van der Waals surface area contributed by atoms with Crippen LogP contribution in [0, 0.1) is 11.8 Å². The predicted octanol–water partition coefficient (Wildman–Crippen LogP) is 4.42. The van der Waals surface area contributed by atoms with Crippen LogP contribution in [-0.4, -0.2) is 64.2 Å². The number of methoxy groups -OCH3 is 1. The molecule has 7 nitrogen and oxygen atoms in total. The van der Waals surface area contributed by atoms with Crippen molar-refractivity contribution in [3.63, 3.8) is 0 Å². The number of carbonyl (C=O) groups is 2. The van der Waals surface area contributed by atoms with Crippen LogP contribution in [0.25, 0.3) is 10.9 Å². The second-order valence-electron chi connectivity index (χ2n) is 8.51. The molecule has 0 radical (unpaired) electrons. The van der Waals surface area contributed by atoms with Crippen LogP contribution < -0.4 is 4.74 Å². The largest absolute Gasteiger partial charge is 0.497 e. The molecular formula is C26H29N3O4S. The fourth-order valence-electron chi connectivity index (χ4n) is 4.55. The van der Waals surface area contributed by atoms with E-state index in [9.17, 15) is 14.7 Å². The third-order valence-electron chi connectivity index (χ3n) is 6.44. The van der Waals surface area contributed by atoms with Gasteiger partial charge in [0.1, 0.15) is 5.75 Å². The first-order valence-corrected chi connectivity index (χ1v) is 12.5. The van der Waals surface area contributed by atoms with E-state index in [-0.39, 0.29) is 11.7 Å². The Hall–Kier alpha value is -2.97.